The van der Waals surface area contributed by atoms with E-state index in [1.165, 1.54) is 6.92 Å². The van der Waals surface area contributed by atoms with E-state index in [-0.39, 0.29) is 25.9 Å². The number of carbonyl (C=O) groups is 1. The van der Waals surface area contributed by atoms with Crippen LogP contribution in [0.3, 0.4) is 0 Å². The van der Waals surface area contributed by atoms with Crippen LogP contribution in [0.2, 0.25) is 0 Å². The second-order valence-corrected chi connectivity index (χ2v) is 5.25. The van der Waals surface area contributed by atoms with Crippen molar-refractivity contribution in [2.75, 3.05) is 26.1 Å². The van der Waals surface area contributed by atoms with Crippen LogP contribution < -0.4 is 4.74 Å². The van der Waals surface area contributed by atoms with Crippen molar-refractivity contribution < 1.29 is 51.0 Å². The lowest BCUT2D eigenvalue weighted by Gasteiger charge is -2.08. The van der Waals surface area contributed by atoms with Gasteiger partial charge in [0.1, 0.15) is 5.56 Å². The Labute approximate surface area is 135 Å². The summed E-state index contributed by atoms with van der Waals surface area (Å²) in [4.78, 5) is 10.5. The average molecular weight is 378 g/mol. The fraction of sp³-hybridized carbons (Fsp3) is 0.417. The number of aliphatic hydroxyl groups is 2. The van der Waals surface area contributed by atoms with Crippen molar-refractivity contribution in [3.8, 4) is 5.75 Å². The first-order valence-electron chi connectivity index (χ1n) is 6.08. The first-order valence-corrected chi connectivity index (χ1v) is 7.93. The predicted molar refractivity (Wildman–Crippen MR) is 76.1 cm³/mol. The highest BCUT2D eigenvalue weighted by Gasteiger charge is 2.23. The van der Waals surface area contributed by atoms with E-state index in [9.17, 15) is 26.4 Å². The predicted octanol–water partition coefficient (Wildman–Crippen LogP) is 0.676. The van der Waals surface area contributed by atoms with Crippen LogP contribution in [0.25, 0.3) is 0 Å². The van der Waals surface area contributed by atoms with Crippen molar-refractivity contribution >= 4 is 16.1 Å². The summed E-state index contributed by atoms with van der Waals surface area (Å²) in [6.45, 7) is 1.08. The molecule has 0 aliphatic heterocycles. The van der Waals surface area contributed by atoms with Gasteiger partial charge in [-0.3, -0.25) is 4.55 Å². The van der Waals surface area contributed by atoms with Gasteiger partial charge in [-0.15, -0.1) is 0 Å². The Hall–Kier alpha value is -1.89. The van der Waals surface area contributed by atoms with Crippen molar-refractivity contribution in [1.82, 2.24) is 0 Å². The summed E-state index contributed by atoms with van der Waals surface area (Å²) in [6, 6.07) is 0.273. The van der Waals surface area contributed by atoms with Gasteiger partial charge < -0.3 is 20.1 Å². The molecule has 1 aromatic carbocycles. The largest absolute Gasteiger partial charge is 0.488 e. The summed E-state index contributed by atoms with van der Waals surface area (Å²) >= 11 is 0. The lowest BCUT2D eigenvalue weighted by Crippen LogP contribution is -2.08. The van der Waals surface area contributed by atoms with Crippen LogP contribution in [0.4, 0.5) is 13.2 Å². The zero-order chi connectivity index (χ0) is 19.5. The maximum Gasteiger partial charge on any atom is 0.338 e. The van der Waals surface area contributed by atoms with Crippen LogP contribution in [0.5, 0.6) is 5.75 Å². The summed E-state index contributed by atoms with van der Waals surface area (Å²) in [6.07, 6.45) is 0.715. The van der Waals surface area contributed by atoms with Gasteiger partial charge in [-0.1, -0.05) is 0 Å². The zero-order valence-corrected chi connectivity index (χ0v) is 13.5. The number of carboxylic acids is 1. The van der Waals surface area contributed by atoms with Gasteiger partial charge in [0.05, 0.1) is 26.1 Å². The summed E-state index contributed by atoms with van der Waals surface area (Å²) in [7, 11) is -3.67. The molecule has 0 radical (unpaired) electrons. The van der Waals surface area contributed by atoms with Crippen molar-refractivity contribution in [2.45, 2.75) is 6.92 Å². The van der Waals surface area contributed by atoms with Crippen LogP contribution in [-0.2, 0) is 10.1 Å². The van der Waals surface area contributed by atoms with E-state index >= 15 is 0 Å². The van der Waals surface area contributed by atoms with E-state index in [0.29, 0.717) is 6.26 Å². The van der Waals surface area contributed by atoms with Crippen LogP contribution in [0.1, 0.15) is 17.3 Å². The molecule has 1 aromatic rings. The number of aromatic carboxylic acids is 1. The van der Waals surface area contributed by atoms with Crippen molar-refractivity contribution in [3.63, 3.8) is 0 Å². The number of rotatable bonds is 4. The Kier molecular flexibility index (Phi) is 11.8. The van der Waals surface area contributed by atoms with Crippen molar-refractivity contribution in [3.05, 3.63) is 29.1 Å². The number of ether oxygens (including phenoxy) is 1. The molecule has 0 amide bonds. The molecule has 0 unspecified atom stereocenters. The van der Waals surface area contributed by atoms with Gasteiger partial charge in [-0.25, -0.2) is 13.6 Å². The Morgan fingerprint density at radius 1 is 1.17 bits per heavy atom. The van der Waals surface area contributed by atoms with Crippen molar-refractivity contribution in [1.29, 1.82) is 0 Å². The van der Waals surface area contributed by atoms with Gasteiger partial charge in [-0.2, -0.15) is 12.8 Å². The molecule has 0 spiro atoms. The van der Waals surface area contributed by atoms with Crippen LogP contribution in [0.15, 0.2) is 6.07 Å². The molecule has 4 N–H and O–H groups in total. The third-order valence-electron chi connectivity index (χ3n) is 1.74. The molecule has 0 bridgehead atoms. The first-order chi connectivity index (χ1) is 10.9. The monoisotopic (exact) mass is 378 g/mol. The Bertz CT molecular complexity index is 624. The van der Waals surface area contributed by atoms with Crippen LogP contribution >= 0.6 is 0 Å². The standard InChI is InChI=1S/C9H7F3O3.C2H6O2.CH4O3S/c1-2-15-8-6(11)4(9(13)14)3-5(10)7(8)12;3-1-2-4;1-5(2,3)4/h3H,2H2,1H3,(H,13,14);3-4H,1-2H2;1H3,(H,2,3,4). The fourth-order valence-electron chi connectivity index (χ4n) is 1.01. The molecule has 0 fully saturated rings. The molecule has 8 nitrogen and oxygen atoms in total. The maximum atomic E-state index is 13.2. The molecular formula is C12H17F3O8S. The zero-order valence-electron chi connectivity index (χ0n) is 12.7. The molecular weight excluding hydrogens is 361 g/mol. The molecule has 140 valence electrons. The average Bonchev–Trinajstić information content (AvgIpc) is 2.45. The normalized spacial score (nSPS) is 10.0. The van der Waals surface area contributed by atoms with Gasteiger partial charge in [-0.05, 0) is 13.0 Å². The Morgan fingerprint density at radius 2 is 1.58 bits per heavy atom. The third kappa shape index (κ3) is 10.8. The molecule has 0 heterocycles. The molecule has 24 heavy (non-hydrogen) atoms. The van der Waals surface area contributed by atoms with Gasteiger partial charge in [0.2, 0.25) is 5.82 Å². The number of aliphatic hydroxyl groups excluding tert-OH is 2. The van der Waals surface area contributed by atoms with E-state index in [2.05, 4.69) is 4.74 Å². The topological polar surface area (TPSA) is 141 Å². The highest BCUT2D eigenvalue weighted by atomic mass is 32.2. The molecule has 1 rings (SSSR count). The minimum absolute atomic E-state index is 0.101. The van der Waals surface area contributed by atoms with Gasteiger partial charge in [0.25, 0.3) is 10.1 Å². The van der Waals surface area contributed by atoms with Crippen LogP contribution in [0, 0.1) is 17.5 Å². The highest BCUT2D eigenvalue weighted by Crippen LogP contribution is 2.27. The summed E-state index contributed by atoms with van der Waals surface area (Å²) in [5.74, 6) is -7.10. The number of hydrogen-bond acceptors (Lipinski definition) is 6. The molecule has 0 atom stereocenters. The number of benzene rings is 1. The maximum absolute atomic E-state index is 13.2. The SMILES string of the molecule is CCOc1c(F)c(F)cc(C(=O)O)c1F.CS(=O)(=O)O.OCCO. The number of carboxylic acid groups (broad SMARTS) is 1. The molecule has 0 aliphatic rings. The van der Waals surface area contributed by atoms with Gasteiger partial charge >= 0.3 is 5.97 Å². The van der Waals surface area contributed by atoms with Crippen molar-refractivity contribution in [2.24, 2.45) is 0 Å². The Morgan fingerprint density at radius 3 is 1.88 bits per heavy atom. The first kappa shape index (κ1) is 24.4. The van der Waals surface area contributed by atoms with Gasteiger partial charge in [0, 0.05) is 0 Å². The van der Waals surface area contributed by atoms with Gasteiger partial charge in [0.15, 0.2) is 17.4 Å². The smallest absolute Gasteiger partial charge is 0.338 e. The van der Waals surface area contributed by atoms with E-state index in [4.69, 9.17) is 19.9 Å². The molecule has 0 saturated carbocycles. The molecule has 0 aromatic heterocycles. The number of hydrogen-bond donors (Lipinski definition) is 4. The fourth-order valence-corrected chi connectivity index (χ4v) is 1.01. The Balaban J connectivity index is 0. The van der Waals surface area contributed by atoms with Crippen LogP contribution in [-0.4, -0.2) is 60.3 Å². The molecule has 12 heteroatoms. The lowest BCUT2D eigenvalue weighted by atomic mass is 10.2. The minimum Gasteiger partial charge on any atom is -0.488 e. The second-order valence-electron chi connectivity index (χ2n) is 3.78. The summed E-state index contributed by atoms with van der Waals surface area (Å²) in [5.41, 5.74) is -0.961. The summed E-state index contributed by atoms with van der Waals surface area (Å²) < 4.78 is 69.4. The van der Waals surface area contributed by atoms with E-state index in [0.717, 1.165) is 0 Å². The second kappa shape index (κ2) is 11.6. The van der Waals surface area contributed by atoms with E-state index < -0.39 is 44.9 Å². The highest BCUT2D eigenvalue weighted by molar-refractivity contribution is 7.85. The summed E-state index contributed by atoms with van der Waals surface area (Å²) in [5, 5.41) is 23.7. The molecule has 0 saturated heterocycles. The minimum atomic E-state index is -3.67. The number of halogens is 3. The quantitative estimate of drug-likeness (QED) is 0.443. The lowest BCUT2D eigenvalue weighted by molar-refractivity contribution is 0.0689. The molecule has 0 aliphatic carbocycles. The van der Waals surface area contributed by atoms with E-state index in [1.807, 2.05) is 0 Å². The van der Waals surface area contributed by atoms with E-state index in [1.54, 1.807) is 0 Å². The third-order valence-corrected chi connectivity index (χ3v) is 1.74.